The number of aryl methyl sites for hydroxylation is 2. The molecule has 0 bridgehead atoms. The van der Waals surface area contributed by atoms with Crippen molar-refractivity contribution in [1.82, 2.24) is 15.0 Å². The Kier molecular flexibility index (Phi) is 5.02. The lowest BCUT2D eigenvalue weighted by Crippen LogP contribution is -2.47. The van der Waals surface area contributed by atoms with Crippen LogP contribution in [0.25, 0.3) is 0 Å². The lowest BCUT2D eigenvalue weighted by Gasteiger charge is -2.32. The van der Waals surface area contributed by atoms with Gasteiger partial charge < -0.3 is 19.4 Å². The Hall–Kier alpha value is -2.38. The molecule has 0 radical (unpaired) electrons. The molecule has 2 rings (SSSR count). The highest BCUT2D eigenvalue weighted by molar-refractivity contribution is 5.98. The third-order valence-corrected chi connectivity index (χ3v) is 4.09. The summed E-state index contributed by atoms with van der Waals surface area (Å²) in [6.07, 6.45) is 1.23. The van der Waals surface area contributed by atoms with Crippen molar-refractivity contribution in [2.75, 3.05) is 26.7 Å². The zero-order valence-corrected chi connectivity index (χ0v) is 13.5. The number of aliphatic carboxylic acids is 1. The van der Waals surface area contributed by atoms with Crippen molar-refractivity contribution in [2.45, 2.75) is 26.7 Å². The molecule has 8 nitrogen and oxygen atoms in total. The largest absolute Gasteiger partial charge is 0.481 e. The van der Waals surface area contributed by atoms with E-state index in [-0.39, 0.29) is 24.9 Å². The molecule has 0 spiro atoms. The van der Waals surface area contributed by atoms with Crippen LogP contribution in [0.1, 0.15) is 34.7 Å². The van der Waals surface area contributed by atoms with Crippen LogP contribution in [0.3, 0.4) is 0 Å². The molecule has 1 aliphatic heterocycles. The van der Waals surface area contributed by atoms with E-state index >= 15 is 0 Å². The molecule has 1 aromatic heterocycles. The van der Waals surface area contributed by atoms with Crippen molar-refractivity contribution in [1.29, 1.82) is 0 Å². The van der Waals surface area contributed by atoms with Crippen LogP contribution in [0.5, 0.6) is 0 Å². The van der Waals surface area contributed by atoms with Gasteiger partial charge in [0, 0.05) is 20.1 Å². The number of aromatic nitrogens is 1. The third kappa shape index (κ3) is 3.69. The van der Waals surface area contributed by atoms with Gasteiger partial charge in [-0.15, -0.1) is 0 Å². The van der Waals surface area contributed by atoms with Crippen LogP contribution in [0.4, 0.5) is 0 Å². The van der Waals surface area contributed by atoms with Gasteiger partial charge in [-0.05, 0) is 26.7 Å². The first-order valence-electron chi connectivity index (χ1n) is 7.50. The van der Waals surface area contributed by atoms with Crippen LogP contribution in [-0.2, 0) is 9.59 Å². The summed E-state index contributed by atoms with van der Waals surface area (Å²) in [4.78, 5) is 38.6. The Bertz CT molecular complexity index is 605. The number of likely N-dealkylation sites (N-methyl/N-ethyl adjacent to an activating group) is 1. The Morgan fingerprint density at radius 3 is 2.65 bits per heavy atom. The number of carboxylic acids is 1. The van der Waals surface area contributed by atoms with Crippen molar-refractivity contribution >= 4 is 17.8 Å². The maximum absolute atomic E-state index is 12.4. The number of likely N-dealkylation sites (tertiary alicyclic amines) is 1. The summed E-state index contributed by atoms with van der Waals surface area (Å²) in [6.45, 7) is 3.93. The summed E-state index contributed by atoms with van der Waals surface area (Å²) in [6, 6.07) is 0. The van der Waals surface area contributed by atoms with Gasteiger partial charge in [0.2, 0.25) is 5.91 Å². The Morgan fingerprint density at radius 1 is 1.39 bits per heavy atom. The fourth-order valence-electron chi connectivity index (χ4n) is 2.76. The van der Waals surface area contributed by atoms with Crippen LogP contribution in [-0.4, -0.2) is 64.5 Å². The number of nitrogens with zero attached hydrogens (tertiary/aromatic N) is 3. The van der Waals surface area contributed by atoms with E-state index in [1.165, 1.54) is 16.8 Å². The van der Waals surface area contributed by atoms with E-state index < -0.39 is 11.9 Å². The van der Waals surface area contributed by atoms with Gasteiger partial charge in [0.15, 0.2) is 0 Å². The number of piperidine rings is 1. The van der Waals surface area contributed by atoms with E-state index in [0.717, 1.165) is 0 Å². The summed E-state index contributed by atoms with van der Waals surface area (Å²) < 4.78 is 4.97. The van der Waals surface area contributed by atoms with E-state index in [4.69, 9.17) is 9.63 Å². The highest BCUT2D eigenvalue weighted by Crippen LogP contribution is 2.18. The minimum absolute atomic E-state index is 0.102. The van der Waals surface area contributed by atoms with Gasteiger partial charge in [-0.2, -0.15) is 0 Å². The second kappa shape index (κ2) is 6.80. The molecule has 1 N–H and O–H groups in total. The quantitative estimate of drug-likeness (QED) is 0.874. The van der Waals surface area contributed by atoms with E-state index in [0.29, 0.717) is 36.4 Å². The SMILES string of the molecule is Cc1noc(C)c1C(=O)N(C)CC(=O)N1CCC[C@H](C(=O)O)C1. The van der Waals surface area contributed by atoms with Crippen LogP contribution in [0, 0.1) is 19.8 Å². The van der Waals surface area contributed by atoms with Crippen LogP contribution in [0.15, 0.2) is 4.52 Å². The number of amides is 2. The van der Waals surface area contributed by atoms with Gasteiger partial charge in [0.1, 0.15) is 11.3 Å². The molecule has 2 heterocycles. The zero-order chi connectivity index (χ0) is 17.1. The normalized spacial score (nSPS) is 17.9. The van der Waals surface area contributed by atoms with E-state index in [9.17, 15) is 14.4 Å². The van der Waals surface area contributed by atoms with Crippen molar-refractivity contribution in [3.8, 4) is 0 Å². The molecule has 2 amide bonds. The van der Waals surface area contributed by atoms with Crippen molar-refractivity contribution < 1.29 is 24.0 Å². The Labute approximate surface area is 134 Å². The molecule has 1 saturated heterocycles. The number of hydrogen-bond donors (Lipinski definition) is 1. The van der Waals surface area contributed by atoms with E-state index in [2.05, 4.69) is 5.16 Å². The second-order valence-electron chi connectivity index (χ2n) is 5.88. The molecular formula is C15H21N3O5. The maximum Gasteiger partial charge on any atom is 0.308 e. The van der Waals surface area contributed by atoms with Crippen molar-refractivity contribution in [3.63, 3.8) is 0 Å². The minimum Gasteiger partial charge on any atom is -0.481 e. The lowest BCUT2D eigenvalue weighted by molar-refractivity contribution is -0.145. The molecule has 126 valence electrons. The highest BCUT2D eigenvalue weighted by atomic mass is 16.5. The molecule has 1 aromatic rings. The average Bonchev–Trinajstić information content (AvgIpc) is 2.85. The smallest absolute Gasteiger partial charge is 0.308 e. The Balaban J connectivity index is 1.99. The second-order valence-corrected chi connectivity index (χ2v) is 5.88. The van der Waals surface area contributed by atoms with E-state index in [1.54, 1.807) is 13.8 Å². The molecule has 1 aliphatic rings. The monoisotopic (exact) mass is 323 g/mol. The first-order chi connectivity index (χ1) is 10.8. The first kappa shape index (κ1) is 17.0. The molecular weight excluding hydrogens is 302 g/mol. The van der Waals surface area contributed by atoms with Crippen LogP contribution >= 0.6 is 0 Å². The zero-order valence-electron chi connectivity index (χ0n) is 13.5. The summed E-state index contributed by atoms with van der Waals surface area (Å²) >= 11 is 0. The third-order valence-electron chi connectivity index (χ3n) is 4.09. The summed E-state index contributed by atoms with van der Waals surface area (Å²) in [5, 5.41) is 12.8. The number of rotatable bonds is 4. The van der Waals surface area contributed by atoms with Gasteiger partial charge in [-0.3, -0.25) is 14.4 Å². The summed E-state index contributed by atoms with van der Waals surface area (Å²) in [7, 11) is 1.53. The first-order valence-corrected chi connectivity index (χ1v) is 7.50. The number of carbonyl (C=O) groups excluding carboxylic acids is 2. The predicted molar refractivity (Wildman–Crippen MR) is 79.9 cm³/mol. The highest BCUT2D eigenvalue weighted by Gasteiger charge is 2.30. The van der Waals surface area contributed by atoms with E-state index in [1.807, 2.05) is 0 Å². The minimum atomic E-state index is -0.886. The fourth-order valence-corrected chi connectivity index (χ4v) is 2.76. The molecule has 0 saturated carbocycles. The molecule has 1 fully saturated rings. The summed E-state index contributed by atoms with van der Waals surface area (Å²) in [5.41, 5.74) is 0.845. The molecule has 0 unspecified atom stereocenters. The van der Waals surface area contributed by atoms with Gasteiger partial charge in [-0.25, -0.2) is 0 Å². The standard InChI is InChI=1S/C15H21N3O5/c1-9-13(10(2)23-16-9)14(20)17(3)8-12(19)18-6-4-5-11(7-18)15(21)22/h11H,4-8H2,1-3H3,(H,21,22)/t11-/m0/s1. The van der Waals surface area contributed by atoms with Crippen molar-refractivity contribution in [2.24, 2.45) is 5.92 Å². The van der Waals surface area contributed by atoms with Gasteiger partial charge in [0.25, 0.3) is 5.91 Å². The van der Waals surface area contributed by atoms with Gasteiger partial charge in [0.05, 0.1) is 18.2 Å². The van der Waals surface area contributed by atoms with Crippen molar-refractivity contribution in [3.05, 3.63) is 17.0 Å². The molecule has 1 atom stereocenters. The van der Waals surface area contributed by atoms with Gasteiger partial charge >= 0.3 is 5.97 Å². The molecule has 23 heavy (non-hydrogen) atoms. The maximum atomic E-state index is 12.4. The number of carboxylic acid groups (broad SMARTS) is 1. The van der Waals surface area contributed by atoms with Crippen LogP contribution < -0.4 is 0 Å². The lowest BCUT2D eigenvalue weighted by atomic mass is 9.98. The Morgan fingerprint density at radius 2 is 2.09 bits per heavy atom. The molecule has 0 aliphatic carbocycles. The summed E-state index contributed by atoms with van der Waals surface area (Å²) in [5.74, 6) is -1.59. The predicted octanol–water partition coefficient (Wildman–Crippen LogP) is 0.687. The average molecular weight is 323 g/mol. The molecule has 8 heteroatoms. The van der Waals surface area contributed by atoms with Crippen LogP contribution in [0.2, 0.25) is 0 Å². The topological polar surface area (TPSA) is 104 Å². The number of carbonyl (C=O) groups is 3. The van der Waals surface area contributed by atoms with Gasteiger partial charge in [-0.1, -0.05) is 5.16 Å². The molecule has 0 aromatic carbocycles. The number of hydrogen-bond acceptors (Lipinski definition) is 5. The fraction of sp³-hybridized carbons (Fsp3) is 0.600.